The topological polar surface area (TPSA) is 38.3 Å². The summed E-state index contributed by atoms with van der Waals surface area (Å²) in [6.07, 6.45) is 1.90. The van der Waals surface area contributed by atoms with Crippen LogP contribution in [-0.4, -0.2) is 12.5 Å². The number of benzene rings is 2. The second-order valence-corrected chi connectivity index (χ2v) is 5.10. The lowest BCUT2D eigenvalue weighted by atomic mass is 10.1. The molecule has 1 atom stereocenters. The van der Waals surface area contributed by atoms with Gasteiger partial charge in [0.2, 0.25) is 0 Å². The van der Waals surface area contributed by atoms with Crippen molar-refractivity contribution in [3.05, 3.63) is 65.5 Å². The van der Waals surface area contributed by atoms with Crippen LogP contribution in [0.15, 0.2) is 48.5 Å². The van der Waals surface area contributed by atoms with Crippen LogP contribution in [-0.2, 0) is 11.2 Å². The third-order valence-corrected chi connectivity index (χ3v) is 3.65. The second-order valence-electron chi connectivity index (χ2n) is 5.10. The molecule has 0 radical (unpaired) electrons. The Kier molecular flexibility index (Phi) is 3.86. The van der Waals surface area contributed by atoms with Gasteiger partial charge in [-0.3, -0.25) is 4.79 Å². The first-order valence-electron chi connectivity index (χ1n) is 6.98. The second kappa shape index (κ2) is 5.95. The van der Waals surface area contributed by atoms with Crippen LogP contribution >= 0.6 is 0 Å². The van der Waals surface area contributed by atoms with Crippen LogP contribution < -0.4 is 10.1 Å². The maximum absolute atomic E-state index is 12.8. The average Bonchev–Trinajstić information content (AvgIpc) is 2.90. The minimum absolute atomic E-state index is 0.0607. The molecule has 2 aromatic rings. The van der Waals surface area contributed by atoms with Gasteiger partial charge in [-0.15, -0.1) is 0 Å². The molecule has 1 N–H and O–H groups in total. The third kappa shape index (κ3) is 3.21. The zero-order chi connectivity index (χ0) is 14.7. The number of ether oxygens (including phenoxy) is 1. The van der Waals surface area contributed by atoms with Gasteiger partial charge in [0.25, 0.3) is 5.91 Å². The molecule has 1 aliphatic carbocycles. The SMILES string of the molecule is O=C(COc1ccc(F)cc1)N[C@H]1CCc2ccccc21. The van der Waals surface area contributed by atoms with Crippen molar-refractivity contribution >= 4 is 5.91 Å². The highest BCUT2D eigenvalue weighted by atomic mass is 19.1. The number of aryl methyl sites for hydroxylation is 1. The van der Waals surface area contributed by atoms with E-state index >= 15 is 0 Å². The molecule has 3 rings (SSSR count). The number of hydrogen-bond donors (Lipinski definition) is 1. The summed E-state index contributed by atoms with van der Waals surface area (Å²) in [6, 6.07) is 13.8. The largest absolute Gasteiger partial charge is 0.484 e. The van der Waals surface area contributed by atoms with Gasteiger partial charge in [-0.05, 0) is 48.2 Å². The lowest BCUT2D eigenvalue weighted by Gasteiger charge is -2.14. The van der Waals surface area contributed by atoms with Gasteiger partial charge >= 0.3 is 0 Å². The summed E-state index contributed by atoms with van der Waals surface area (Å²) >= 11 is 0. The van der Waals surface area contributed by atoms with Crippen molar-refractivity contribution in [2.45, 2.75) is 18.9 Å². The zero-order valence-electron chi connectivity index (χ0n) is 11.5. The van der Waals surface area contributed by atoms with E-state index in [1.165, 1.54) is 35.4 Å². The smallest absolute Gasteiger partial charge is 0.258 e. The van der Waals surface area contributed by atoms with Crippen molar-refractivity contribution < 1.29 is 13.9 Å². The Morgan fingerprint density at radius 3 is 2.76 bits per heavy atom. The molecular formula is C17H16FNO2. The van der Waals surface area contributed by atoms with Crippen LogP contribution in [0.5, 0.6) is 5.75 Å². The molecule has 3 nitrogen and oxygen atoms in total. The van der Waals surface area contributed by atoms with Gasteiger partial charge in [-0.2, -0.15) is 0 Å². The first-order chi connectivity index (χ1) is 10.2. The fourth-order valence-corrected chi connectivity index (χ4v) is 2.62. The molecule has 0 fully saturated rings. The van der Waals surface area contributed by atoms with Crippen LogP contribution in [0.1, 0.15) is 23.6 Å². The van der Waals surface area contributed by atoms with Crippen molar-refractivity contribution in [2.24, 2.45) is 0 Å². The van der Waals surface area contributed by atoms with Crippen LogP contribution in [0, 0.1) is 5.82 Å². The predicted molar refractivity (Wildman–Crippen MR) is 77.5 cm³/mol. The van der Waals surface area contributed by atoms with Gasteiger partial charge < -0.3 is 10.1 Å². The minimum atomic E-state index is -0.325. The zero-order valence-corrected chi connectivity index (χ0v) is 11.5. The standard InChI is InChI=1S/C17H16FNO2/c18-13-6-8-14(9-7-13)21-11-17(20)19-16-10-5-12-3-1-2-4-15(12)16/h1-4,6-9,16H,5,10-11H2,(H,19,20)/t16-/m0/s1. The van der Waals surface area contributed by atoms with Crippen molar-refractivity contribution in [3.63, 3.8) is 0 Å². The summed E-state index contributed by atoms with van der Waals surface area (Å²) in [5, 5.41) is 2.98. The van der Waals surface area contributed by atoms with Crippen LogP contribution in [0.4, 0.5) is 4.39 Å². The van der Waals surface area contributed by atoms with Gasteiger partial charge in [-0.1, -0.05) is 24.3 Å². The Labute approximate surface area is 122 Å². The van der Waals surface area contributed by atoms with Gasteiger partial charge in [0.15, 0.2) is 6.61 Å². The van der Waals surface area contributed by atoms with Crippen molar-refractivity contribution in [1.29, 1.82) is 0 Å². The fraction of sp³-hybridized carbons (Fsp3) is 0.235. The molecule has 0 saturated heterocycles. The number of carbonyl (C=O) groups excluding carboxylic acids is 1. The molecule has 108 valence electrons. The van der Waals surface area contributed by atoms with Crippen molar-refractivity contribution in [2.75, 3.05) is 6.61 Å². The summed E-state index contributed by atoms with van der Waals surface area (Å²) in [5.74, 6) is -0.00577. The molecule has 0 heterocycles. The van der Waals surface area contributed by atoms with E-state index in [1.54, 1.807) is 0 Å². The molecule has 0 spiro atoms. The molecular weight excluding hydrogens is 269 g/mol. The van der Waals surface area contributed by atoms with Gasteiger partial charge in [0.05, 0.1) is 6.04 Å². The molecule has 0 unspecified atom stereocenters. The minimum Gasteiger partial charge on any atom is -0.484 e. The molecule has 0 bridgehead atoms. The Morgan fingerprint density at radius 2 is 1.95 bits per heavy atom. The van der Waals surface area contributed by atoms with Gasteiger partial charge in [0, 0.05) is 0 Å². The Hall–Kier alpha value is -2.36. The number of amides is 1. The van der Waals surface area contributed by atoms with Crippen molar-refractivity contribution in [1.82, 2.24) is 5.32 Å². The van der Waals surface area contributed by atoms with Crippen LogP contribution in [0.25, 0.3) is 0 Å². The van der Waals surface area contributed by atoms with Gasteiger partial charge in [-0.25, -0.2) is 4.39 Å². The molecule has 0 aliphatic heterocycles. The number of carbonyl (C=O) groups is 1. The average molecular weight is 285 g/mol. The summed E-state index contributed by atoms with van der Waals surface area (Å²) in [6.45, 7) is -0.0652. The highest BCUT2D eigenvalue weighted by molar-refractivity contribution is 5.78. The molecule has 0 saturated carbocycles. The molecule has 2 aromatic carbocycles. The summed E-state index contributed by atoms with van der Waals surface area (Å²) < 4.78 is 18.1. The van der Waals surface area contributed by atoms with E-state index < -0.39 is 0 Å². The Morgan fingerprint density at radius 1 is 1.19 bits per heavy atom. The highest BCUT2D eigenvalue weighted by Gasteiger charge is 2.23. The van der Waals surface area contributed by atoms with Crippen molar-refractivity contribution in [3.8, 4) is 5.75 Å². The number of rotatable bonds is 4. The lowest BCUT2D eigenvalue weighted by molar-refractivity contribution is -0.123. The molecule has 1 amide bonds. The lowest BCUT2D eigenvalue weighted by Crippen LogP contribution is -2.31. The van der Waals surface area contributed by atoms with Gasteiger partial charge in [0.1, 0.15) is 11.6 Å². The van der Waals surface area contributed by atoms with E-state index in [-0.39, 0.29) is 24.4 Å². The van der Waals surface area contributed by atoms with Crippen LogP contribution in [0.3, 0.4) is 0 Å². The first kappa shape index (κ1) is 13.6. The molecule has 0 aromatic heterocycles. The van der Waals surface area contributed by atoms with E-state index in [4.69, 9.17) is 4.74 Å². The molecule has 1 aliphatic rings. The van der Waals surface area contributed by atoms with E-state index in [9.17, 15) is 9.18 Å². The molecule has 21 heavy (non-hydrogen) atoms. The maximum Gasteiger partial charge on any atom is 0.258 e. The summed E-state index contributed by atoms with van der Waals surface area (Å²) in [4.78, 5) is 11.9. The van der Waals surface area contributed by atoms with E-state index in [1.807, 2.05) is 18.2 Å². The number of fused-ring (bicyclic) bond motifs is 1. The summed E-state index contributed by atoms with van der Waals surface area (Å²) in [7, 11) is 0. The third-order valence-electron chi connectivity index (χ3n) is 3.65. The fourth-order valence-electron chi connectivity index (χ4n) is 2.62. The number of nitrogens with one attached hydrogen (secondary N) is 1. The highest BCUT2D eigenvalue weighted by Crippen LogP contribution is 2.30. The summed E-state index contributed by atoms with van der Waals surface area (Å²) in [5.41, 5.74) is 2.48. The van der Waals surface area contributed by atoms with E-state index in [2.05, 4.69) is 11.4 Å². The monoisotopic (exact) mass is 285 g/mol. The number of hydrogen-bond acceptors (Lipinski definition) is 2. The Balaban J connectivity index is 1.54. The predicted octanol–water partition coefficient (Wildman–Crippen LogP) is 3.01. The van der Waals surface area contributed by atoms with E-state index in [0.29, 0.717) is 5.75 Å². The molecule has 4 heteroatoms. The Bertz CT molecular complexity index is 639. The normalized spacial score (nSPS) is 16.3. The quantitative estimate of drug-likeness (QED) is 0.937. The maximum atomic E-state index is 12.8. The number of halogens is 1. The van der Waals surface area contributed by atoms with Crippen LogP contribution in [0.2, 0.25) is 0 Å². The van der Waals surface area contributed by atoms with E-state index in [0.717, 1.165) is 12.8 Å². The first-order valence-corrected chi connectivity index (χ1v) is 6.98.